The van der Waals surface area contributed by atoms with Crippen molar-refractivity contribution in [2.24, 2.45) is 5.92 Å². The van der Waals surface area contributed by atoms with E-state index in [0.29, 0.717) is 19.5 Å². The summed E-state index contributed by atoms with van der Waals surface area (Å²) in [5.41, 5.74) is 0.187. The molecule has 2 rings (SSSR count). The number of pyridine rings is 1. The van der Waals surface area contributed by atoms with Crippen LogP contribution < -0.4 is 0 Å². The van der Waals surface area contributed by atoms with E-state index in [1.807, 2.05) is 0 Å². The topological polar surface area (TPSA) is 70.5 Å². The number of aliphatic carboxylic acids is 1. The zero-order chi connectivity index (χ0) is 13.1. The maximum Gasteiger partial charge on any atom is 0.303 e. The van der Waals surface area contributed by atoms with Crippen LogP contribution in [-0.2, 0) is 4.79 Å². The monoisotopic (exact) mass is 252 g/mol. The second kappa shape index (κ2) is 5.12. The smallest absolute Gasteiger partial charge is 0.303 e. The number of hydrogen-bond donors (Lipinski definition) is 1. The number of nitrogens with zero attached hydrogens (tertiary/aromatic N) is 2. The van der Waals surface area contributed by atoms with Crippen molar-refractivity contribution in [1.29, 1.82) is 0 Å². The minimum atomic E-state index is -0.853. The standard InChI is InChI=1S/C12H13FN2O3/c13-9-1-2-10(14-6-9)12(18)15-4-3-8(7-15)5-11(16)17/h1-2,6,8H,3-5,7H2,(H,16,17). The summed E-state index contributed by atoms with van der Waals surface area (Å²) in [6.45, 7) is 0.944. The first kappa shape index (κ1) is 12.5. The summed E-state index contributed by atoms with van der Waals surface area (Å²) in [5.74, 6) is -1.62. The number of carbonyl (C=O) groups excluding carboxylic acids is 1. The fourth-order valence-electron chi connectivity index (χ4n) is 2.10. The molecule has 1 saturated heterocycles. The van der Waals surface area contributed by atoms with Gasteiger partial charge in [-0.05, 0) is 24.5 Å². The van der Waals surface area contributed by atoms with Crippen LogP contribution in [-0.4, -0.2) is 40.0 Å². The van der Waals surface area contributed by atoms with Crippen molar-refractivity contribution in [2.45, 2.75) is 12.8 Å². The third-order valence-corrected chi connectivity index (χ3v) is 2.98. The third kappa shape index (κ3) is 2.82. The summed E-state index contributed by atoms with van der Waals surface area (Å²) in [6, 6.07) is 2.52. The fraction of sp³-hybridized carbons (Fsp3) is 0.417. The average molecular weight is 252 g/mol. The van der Waals surface area contributed by atoms with Crippen molar-refractivity contribution >= 4 is 11.9 Å². The molecule has 6 heteroatoms. The first-order chi connectivity index (χ1) is 8.56. The van der Waals surface area contributed by atoms with Gasteiger partial charge in [0, 0.05) is 19.5 Å². The summed E-state index contributed by atoms with van der Waals surface area (Å²) >= 11 is 0. The maximum absolute atomic E-state index is 12.7. The lowest BCUT2D eigenvalue weighted by molar-refractivity contribution is -0.138. The van der Waals surface area contributed by atoms with Crippen LogP contribution >= 0.6 is 0 Å². The highest BCUT2D eigenvalue weighted by molar-refractivity contribution is 5.92. The van der Waals surface area contributed by atoms with E-state index in [-0.39, 0.29) is 23.9 Å². The van der Waals surface area contributed by atoms with E-state index in [1.54, 1.807) is 4.90 Å². The minimum absolute atomic E-state index is 0.00750. The second-order valence-corrected chi connectivity index (χ2v) is 4.37. The van der Waals surface area contributed by atoms with Crippen molar-refractivity contribution in [2.75, 3.05) is 13.1 Å². The van der Waals surface area contributed by atoms with Crippen LogP contribution in [0.2, 0.25) is 0 Å². The van der Waals surface area contributed by atoms with Gasteiger partial charge in [-0.2, -0.15) is 0 Å². The Labute approximate surface area is 103 Å². The molecule has 0 saturated carbocycles. The van der Waals surface area contributed by atoms with Gasteiger partial charge in [0.2, 0.25) is 0 Å². The number of carboxylic acids is 1. The predicted molar refractivity (Wildman–Crippen MR) is 60.5 cm³/mol. The highest BCUT2D eigenvalue weighted by atomic mass is 19.1. The highest BCUT2D eigenvalue weighted by Crippen LogP contribution is 2.21. The molecule has 0 radical (unpaired) electrons. The zero-order valence-corrected chi connectivity index (χ0v) is 9.67. The zero-order valence-electron chi connectivity index (χ0n) is 9.67. The van der Waals surface area contributed by atoms with E-state index in [4.69, 9.17) is 5.11 Å². The molecule has 5 nitrogen and oxygen atoms in total. The molecule has 1 aromatic heterocycles. The van der Waals surface area contributed by atoms with Crippen LogP contribution in [0, 0.1) is 11.7 Å². The van der Waals surface area contributed by atoms with Crippen LogP contribution in [0.25, 0.3) is 0 Å². The van der Waals surface area contributed by atoms with Gasteiger partial charge in [0.15, 0.2) is 0 Å². The van der Waals surface area contributed by atoms with E-state index in [9.17, 15) is 14.0 Å². The summed E-state index contributed by atoms with van der Waals surface area (Å²) in [7, 11) is 0. The van der Waals surface area contributed by atoms with Gasteiger partial charge < -0.3 is 10.0 Å². The molecular formula is C12H13FN2O3. The van der Waals surface area contributed by atoms with Crippen LogP contribution in [0.4, 0.5) is 4.39 Å². The summed E-state index contributed by atoms with van der Waals surface area (Å²) in [6.07, 6.45) is 1.75. The first-order valence-corrected chi connectivity index (χ1v) is 5.69. The highest BCUT2D eigenvalue weighted by Gasteiger charge is 2.28. The molecule has 0 aromatic carbocycles. The van der Waals surface area contributed by atoms with Crippen LogP contribution in [0.15, 0.2) is 18.3 Å². The van der Waals surface area contributed by atoms with E-state index >= 15 is 0 Å². The Morgan fingerprint density at radius 3 is 2.89 bits per heavy atom. The van der Waals surface area contributed by atoms with Crippen molar-refractivity contribution < 1.29 is 19.1 Å². The summed E-state index contributed by atoms with van der Waals surface area (Å²) in [4.78, 5) is 27.9. The summed E-state index contributed by atoms with van der Waals surface area (Å²) < 4.78 is 12.7. The number of carboxylic acid groups (broad SMARTS) is 1. The second-order valence-electron chi connectivity index (χ2n) is 4.37. The molecule has 2 heterocycles. The number of aromatic nitrogens is 1. The lowest BCUT2D eigenvalue weighted by atomic mass is 10.1. The average Bonchev–Trinajstić information content (AvgIpc) is 2.76. The van der Waals surface area contributed by atoms with Crippen molar-refractivity contribution in [3.05, 3.63) is 29.8 Å². The van der Waals surface area contributed by atoms with Gasteiger partial charge in [0.1, 0.15) is 11.5 Å². The van der Waals surface area contributed by atoms with Gasteiger partial charge in [-0.25, -0.2) is 9.37 Å². The van der Waals surface area contributed by atoms with Crippen LogP contribution in [0.3, 0.4) is 0 Å². The molecule has 1 unspecified atom stereocenters. The lowest BCUT2D eigenvalue weighted by Crippen LogP contribution is -2.29. The number of halogens is 1. The molecule has 1 fully saturated rings. The number of likely N-dealkylation sites (tertiary alicyclic amines) is 1. The van der Waals surface area contributed by atoms with Gasteiger partial charge >= 0.3 is 5.97 Å². The van der Waals surface area contributed by atoms with Gasteiger partial charge in [-0.15, -0.1) is 0 Å². The Morgan fingerprint density at radius 2 is 2.28 bits per heavy atom. The van der Waals surface area contributed by atoms with Gasteiger partial charge in [-0.1, -0.05) is 0 Å². The number of rotatable bonds is 3. The molecule has 0 bridgehead atoms. The van der Waals surface area contributed by atoms with Gasteiger partial charge in [0.05, 0.1) is 6.20 Å². The molecule has 0 spiro atoms. The third-order valence-electron chi connectivity index (χ3n) is 2.98. The summed E-state index contributed by atoms with van der Waals surface area (Å²) in [5, 5.41) is 8.69. The first-order valence-electron chi connectivity index (χ1n) is 5.69. The molecule has 1 atom stereocenters. The Hall–Kier alpha value is -1.98. The Bertz CT molecular complexity index is 461. The van der Waals surface area contributed by atoms with E-state index < -0.39 is 11.8 Å². The SMILES string of the molecule is O=C(O)CC1CCN(C(=O)c2ccc(F)cn2)C1. The molecule has 1 aliphatic heterocycles. The largest absolute Gasteiger partial charge is 0.481 e. The van der Waals surface area contributed by atoms with Gasteiger partial charge in [-0.3, -0.25) is 9.59 Å². The molecule has 0 aliphatic carbocycles. The fourth-order valence-corrected chi connectivity index (χ4v) is 2.10. The molecule has 1 aliphatic rings. The molecule has 1 amide bonds. The predicted octanol–water partition coefficient (Wildman–Crippen LogP) is 1.16. The molecule has 1 aromatic rings. The normalized spacial score (nSPS) is 18.9. The maximum atomic E-state index is 12.7. The molecule has 1 N–H and O–H groups in total. The molecule has 96 valence electrons. The van der Waals surface area contributed by atoms with Gasteiger partial charge in [0.25, 0.3) is 5.91 Å². The lowest BCUT2D eigenvalue weighted by Gasteiger charge is -2.15. The van der Waals surface area contributed by atoms with E-state index in [0.717, 1.165) is 6.20 Å². The Balaban J connectivity index is 1.99. The van der Waals surface area contributed by atoms with Crippen molar-refractivity contribution in [3.8, 4) is 0 Å². The van der Waals surface area contributed by atoms with E-state index in [1.165, 1.54) is 12.1 Å². The van der Waals surface area contributed by atoms with Crippen LogP contribution in [0.5, 0.6) is 0 Å². The van der Waals surface area contributed by atoms with Crippen molar-refractivity contribution in [1.82, 2.24) is 9.88 Å². The number of hydrogen-bond acceptors (Lipinski definition) is 3. The van der Waals surface area contributed by atoms with E-state index in [2.05, 4.69) is 4.98 Å². The minimum Gasteiger partial charge on any atom is -0.481 e. The Morgan fingerprint density at radius 1 is 1.50 bits per heavy atom. The molecular weight excluding hydrogens is 239 g/mol. The Kier molecular flexibility index (Phi) is 3.55. The quantitative estimate of drug-likeness (QED) is 0.876. The number of carbonyl (C=O) groups is 2. The van der Waals surface area contributed by atoms with Crippen LogP contribution in [0.1, 0.15) is 23.3 Å². The molecule has 18 heavy (non-hydrogen) atoms. The van der Waals surface area contributed by atoms with Crippen molar-refractivity contribution in [3.63, 3.8) is 0 Å². The number of amides is 1.